The third-order valence-electron chi connectivity index (χ3n) is 4.95. The number of esters is 1. The van der Waals surface area contributed by atoms with Gasteiger partial charge in [-0.1, -0.05) is 30.3 Å². The zero-order chi connectivity index (χ0) is 21.1. The number of hydrogen-bond donors (Lipinski definition) is 0. The molecule has 3 aliphatic heterocycles. The summed E-state index contributed by atoms with van der Waals surface area (Å²) in [5, 5.41) is 0. The topological polar surface area (TPSA) is 106 Å². The first-order valence-corrected chi connectivity index (χ1v) is 11.2. The van der Waals surface area contributed by atoms with Gasteiger partial charge < -0.3 is 19.3 Å². The third-order valence-corrected chi connectivity index (χ3v) is 6.10. The lowest BCUT2D eigenvalue weighted by molar-refractivity contribution is -0.159. The quantitative estimate of drug-likeness (QED) is 0.644. The van der Waals surface area contributed by atoms with Gasteiger partial charge in [-0.15, -0.1) is 4.40 Å². The molecular weight excluding hydrogens is 410 g/mol. The van der Waals surface area contributed by atoms with Gasteiger partial charge in [-0.05, 0) is 12.2 Å². The summed E-state index contributed by atoms with van der Waals surface area (Å²) in [7, 11) is -3.66. The Morgan fingerprint density at radius 3 is 2.57 bits per heavy atom. The fourth-order valence-electron chi connectivity index (χ4n) is 3.38. The van der Waals surface area contributed by atoms with Crippen LogP contribution in [0.1, 0.15) is 11.7 Å². The van der Waals surface area contributed by atoms with Crippen LogP contribution in [0, 0.1) is 0 Å². The molecule has 1 amide bonds. The van der Waals surface area contributed by atoms with Crippen LogP contribution in [0.15, 0.2) is 58.7 Å². The van der Waals surface area contributed by atoms with Gasteiger partial charge in [-0.2, -0.15) is 0 Å². The second-order valence-electron chi connectivity index (χ2n) is 6.95. The largest absolute Gasteiger partial charge is 0.444 e. The molecule has 1 unspecified atom stereocenters. The van der Waals surface area contributed by atoms with Gasteiger partial charge in [0.1, 0.15) is 5.57 Å². The van der Waals surface area contributed by atoms with Crippen molar-refractivity contribution in [1.29, 1.82) is 0 Å². The van der Waals surface area contributed by atoms with Crippen LogP contribution in [0.4, 0.5) is 0 Å². The number of allylic oxidation sites excluding steroid dienone is 2. The number of carbonyl (C=O) groups excluding carboxylic acids is 2. The molecule has 0 bridgehead atoms. The minimum Gasteiger partial charge on any atom is -0.444 e. The summed E-state index contributed by atoms with van der Waals surface area (Å²) in [6, 6.07) is 8.73. The molecule has 1 aromatic rings. The monoisotopic (exact) mass is 431 g/mol. The first-order valence-electron chi connectivity index (χ1n) is 9.55. The van der Waals surface area contributed by atoms with Crippen LogP contribution in [0.5, 0.6) is 0 Å². The molecule has 3 aliphatic rings. The van der Waals surface area contributed by atoms with Gasteiger partial charge in [-0.25, -0.2) is 13.2 Å². The second kappa shape index (κ2) is 8.41. The van der Waals surface area contributed by atoms with Gasteiger partial charge in [0.05, 0.1) is 19.0 Å². The molecule has 3 heterocycles. The average molecular weight is 431 g/mol. The maximum absolute atomic E-state index is 13.1. The Morgan fingerprint density at radius 2 is 1.83 bits per heavy atom. The first-order chi connectivity index (χ1) is 14.4. The number of amides is 1. The van der Waals surface area contributed by atoms with E-state index >= 15 is 0 Å². The van der Waals surface area contributed by atoms with Crippen molar-refractivity contribution in [3.63, 3.8) is 0 Å². The number of amidine groups is 1. The highest BCUT2D eigenvalue weighted by Crippen LogP contribution is 2.25. The number of rotatable bonds is 4. The third kappa shape index (κ3) is 4.29. The Kier molecular flexibility index (Phi) is 5.69. The average Bonchev–Trinajstić information content (AvgIpc) is 2.77. The smallest absolute Gasteiger partial charge is 0.343 e. The second-order valence-corrected chi connectivity index (χ2v) is 8.70. The molecule has 1 fully saturated rings. The SMILES string of the molecule is O=C(OC(C(=O)N1CCOCC1)c1ccccc1)C1=CC=CN2CCS(=O)(=O)N=C12. The van der Waals surface area contributed by atoms with Crippen LogP contribution in [0.2, 0.25) is 0 Å². The normalized spacial score (nSPS) is 21.2. The number of hydrogen-bond acceptors (Lipinski definition) is 7. The fourth-order valence-corrected chi connectivity index (χ4v) is 4.37. The molecule has 0 spiro atoms. The minimum atomic E-state index is -3.66. The number of ether oxygens (including phenoxy) is 2. The van der Waals surface area contributed by atoms with E-state index in [4.69, 9.17) is 9.47 Å². The number of carbonyl (C=O) groups is 2. The molecule has 158 valence electrons. The van der Waals surface area contributed by atoms with Crippen molar-refractivity contribution >= 4 is 27.7 Å². The molecule has 0 radical (unpaired) electrons. The predicted octanol–water partition coefficient (Wildman–Crippen LogP) is 0.627. The summed E-state index contributed by atoms with van der Waals surface area (Å²) in [4.78, 5) is 29.3. The van der Waals surface area contributed by atoms with E-state index < -0.39 is 22.1 Å². The van der Waals surface area contributed by atoms with Crippen LogP contribution in [-0.2, 0) is 29.1 Å². The Morgan fingerprint density at radius 1 is 1.10 bits per heavy atom. The molecule has 10 heteroatoms. The number of fused-ring (bicyclic) bond motifs is 1. The van der Waals surface area contributed by atoms with E-state index in [-0.39, 0.29) is 29.6 Å². The highest BCUT2D eigenvalue weighted by Gasteiger charge is 2.35. The van der Waals surface area contributed by atoms with Gasteiger partial charge in [0.15, 0.2) is 5.84 Å². The van der Waals surface area contributed by atoms with E-state index in [0.29, 0.717) is 31.9 Å². The van der Waals surface area contributed by atoms with Crippen molar-refractivity contribution in [3.05, 3.63) is 59.8 Å². The van der Waals surface area contributed by atoms with Crippen molar-refractivity contribution < 1.29 is 27.5 Å². The molecule has 4 rings (SSSR count). The Labute approximate surface area is 174 Å². The summed E-state index contributed by atoms with van der Waals surface area (Å²) >= 11 is 0. The van der Waals surface area contributed by atoms with Crippen molar-refractivity contribution in [2.75, 3.05) is 38.6 Å². The van der Waals surface area contributed by atoms with E-state index in [1.165, 1.54) is 6.08 Å². The summed E-state index contributed by atoms with van der Waals surface area (Å²) in [6.07, 6.45) is 3.56. The lowest BCUT2D eigenvalue weighted by atomic mass is 10.1. The summed E-state index contributed by atoms with van der Waals surface area (Å²) in [5.41, 5.74) is 0.529. The van der Waals surface area contributed by atoms with E-state index in [1.54, 1.807) is 52.4 Å². The summed E-state index contributed by atoms with van der Waals surface area (Å²) < 4.78 is 38.5. The maximum Gasteiger partial charge on any atom is 0.343 e. The van der Waals surface area contributed by atoms with Crippen molar-refractivity contribution in [2.45, 2.75) is 6.10 Å². The van der Waals surface area contributed by atoms with Crippen LogP contribution in [0.3, 0.4) is 0 Å². The first kappa shape index (κ1) is 20.3. The van der Waals surface area contributed by atoms with E-state index in [2.05, 4.69) is 4.40 Å². The number of benzene rings is 1. The highest BCUT2D eigenvalue weighted by atomic mass is 32.2. The summed E-state index contributed by atoms with van der Waals surface area (Å²) in [5.74, 6) is -1.28. The molecule has 0 saturated carbocycles. The predicted molar refractivity (Wildman–Crippen MR) is 108 cm³/mol. The molecule has 1 atom stereocenters. The maximum atomic E-state index is 13.1. The number of morpholine rings is 1. The molecular formula is C20H21N3O6S. The molecule has 1 saturated heterocycles. The Hall–Kier alpha value is -2.98. The van der Waals surface area contributed by atoms with Gasteiger partial charge >= 0.3 is 5.97 Å². The van der Waals surface area contributed by atoms with Crippen LogP contribution in [-0.4, -0.2) is 74.5 Å². The lowest BCUT2D eigenvalue weighted by Gasteiger charge is -2.31. The number of nitrogens with zero attached hydrogens (tertiary/aromatic N) is 3. The molecule has 1 aromatic carbocycles. The van der Waals surface area contributed by atoms with Crippen molar-refractivity contribution in [2.24, 2.45) is 4.40 Å². The minimum absolute atomic E-state index is 0.00326. The summed E-state index contributed by atoms with van der Waals surface area (Å²) in [6.45, 7) is 1.84. The zero-order valence-corrected chi connectivity index (χ0v) is 17.0. The van der Waals surface area contributed by atoms with Crippen molar-refractivity contribution in [1.82, 2.24) is 9.80 Å². The highest BCUT2D eigenvalue weighted by molar-refractivity contribution is 7.90. The lowest BCUT2D eigenvalue weighted by Crippen LogP contribution is -2.44. The van der Waals surface area contributed by atoms with E-state index in [0.717, 1.165) is 0 Å². The zero-order valence-electron chi connectivity index (χ0n) is 16.1. The van der Waals surface area contributed by atoms with Crippen LogP contribution >= 0.6 is 0 Å². The van der Waals surface area contributed by atoms with Gasteiger partial charge in [-0.3, -0.25) is 4.79 Å². The molecule has 0 aromatic heterocycles. The van der Waals surface area contributed by atoms with E-state index in [9.17, 15) is 18.0 Å². The van der Waals surface area contributed by atoms with Crippen LogP contribution < -0.4 is 0 Å². The van der Waals surface area contributed by atoms with Gasteiger partial charge in [0.2, 0.25) is 6.10 Å². The Balaban J connectivity index is 1.62. The Bertz CT molecular complexity index is 1030. The van der Waals surface area contributed by atoms with Crippen molar-refractivity contribution in [3.8, 4) is 0 Å². The molecule has 30 heavy (non-hydrogen) atoms. The molecule has 9 nitrogen and oxygen atoms in total. The van der Waals surface area contributed by atoms with Gasteiger partial charge in [0, 0.05) is 31.4 Å². The van der Waals surface area contributed by atoms with E-state index in [1.807, 2.05) is 0 Å². The van der Waals surface area contributed by atoms with Gasteiger partial charge in [0.25, 0.3) is 15.9 Å². The van der Waals surface area contributed by atoms with Crippen LogP contribution in [0.25, 0.3) is 0 Å². The molecule has 0 N–H and O–H groups in total. The molecule has 0 aliphatic carbocycles. The fraction of sp³-hybridized carbons (Fsp3) is 0.350. The number of sulfonamides is 1. The standard InChI is InChI=1S/C20H21N3O6S/c24-19(23-9-12-28-13-10-23)17(15-5-2-1-3-6-15)29-20(25)16-7-4-8-22-11-14-30(26,27)21-18(16)22/h1-8,17H,9-14H2.